The highest BCUT2D eigenvalue weighted by molar-refractivity contribution is 6.05. The number of nitrogens with one attached hydrogen (secondary N) is 3. The highest BCUT2D eigenvalue weighted by Crippen LogP contribution is 2.30. The molecule has 0 aromatic heterocycles. The van der Waals surface area contributed by atoms with Crippen LogP contribution in [0, 0.1) is 5.92 Å². The van der Waals surface area contributed by atoms with Gasteiger partial charge in [-0.2, -0.15) is 0 Å². The fourth-order valence-corrected chi connectivity index (χ4v) is 2.50. The molecule has 6 nitrogen and oxygen atoms in total. The van der Waals surface area contributed by atoms with Crippen molar-refractivity contribution in [3.63, 3.8) is 0 Å². The molecule has 1 saturated carbocycles. The lowest BCUT2D eigenvalue weighted by Gasteiger charge is -2.09. The van der Waals surface area contributed by atoms with E-state index in [2.05, 4.69) is 16.0 Å². The molecule has 0 bridgehead atoms. The van der Waals surface area contributed by atoms with Crippen LogP contribution >= 0.6 is 0 Å². The molecular formula is C20H21N3O3. The van der Waals surface area contributed by atoms with E-state index in [-0.39, 0.29) is 23.6 Å². The first-order valence-corrected chi connectivity index (χ1v) is 8.67. The van der Waals surface area contributed by atoms with Gasteiger partial charge in [-0.1, -0.05) is 6.07 Å². The lowest BCUT2D eigenvalue weighted by atomic mass is 10.1. The van der Waals surface area contributed by atoms with Gasteiger partial charge in [0.05, 0.1) is 0 Å². The molecule has 0 unspecified atom stereocenters. The summed E-state index contributed by atoms with van der Waals surface area (Å²) < 4.78 is 0. The molecule has 3 amide bonds. The Kier molecular flexibility index (Phi) is 5.31. The number of hydrogen-bond donors (Lipinski definition) is 3. The third kappa shape index (κ3) is 4.47. The smallest absolute Gasteiger partial charge is 0.255 e. The third-order valence-corrected chi connectivity index (χ3v) is 4.08. The third-order valence-electron chi connectivity index (χ3n) is 4.08. The second-order valence-electron chi connectivity index (χ2n) is 6.24. The van der Waals surface area contributed by atoms with Gasteiger partial charge in [-0.3, -0.25) is 14.4 Å². The van der Waals surface area contributed by atoms with E-state index >= 15 is 0 Å². The maximum absolute atomic E-state index is 12.4. The largest absolute Gasteiger partial charge is 0.352 e. The Bertz CT molecular complexity index is 826. The molecule has 1 aliphatic rings. The zero-order chi connectivity index (χ0) is 18.5. The Morgan fingerprint density at radius 1 is 0.885 bits per heavy atom. The standard InChI is InChI=1S/C20H21N3O3/c1-2-21-18(24)15-4-3-5-17(12-15)23-20(26)14-8-10-16(11-9-14)22-19(25)13-6-7-13/h3-5,8-13H,2,6-7H2,1H3,(H,21,24)(H,22,25)(H,23,26). The van der Waals surface area contributed by atoms with Crippen molar-refractivity contribution < 1.29 is 14.4 Å². The van der Waals surface area contributed by atoms with Gasteiger partial charge in [0.15, 0.2) is 0 Å². The topological polar surface area (TPSA) is 87.3 Å². The van der Waals surface area contributed by atoms with Crippen LogP contribution in [0.3, 0.4) is 0 Å². The number of rotatable bonds is 6. The molecule has 3 rings (SSSR count). The van der Waals surface area contributed by atoms with Crippen molar-refractivity contribution in [3.8, 4) is 0 Å². The molecule has 1 fully saturated rings. The molecule has 0 aliphatic heterocycles. The Morgan fingerprint density at radius 3 is 2.27 bits per heavy atom. The molecule has 26 heavy (non-hydrogen) atoms. The molecule has 0 spiro atoms. The molecular weight excluding hydrogens is 330 g/mol. The summed E-state index contributed by atoms with van der Waals surface area (Å²) in [6.07, 6.45) is 1.89. The zero-order valence-electron chi connectivity index (χ0n) is 14.5. The second-order valence-corrected chi connectivity index (χ2v) is 6.24. The van der Waals surface area contributed by atoms with Crippen molar-refractivity contribution in [2.75, 3.05) is 17.2 Å². The summed E-state index contributed by atoms with van der Waals surface area (Å²) in [5.74, 6) is -0.294. The quantitative estimate of drug-likeness (QED) is 0.747. The van der Waals surface area contributed by atoms with Crippen molar-refractivity contribution in [3.05, 3.63) is 59.7 Å². The predicted octanol–water partition coefficient (Wildman–Crippen LogP) is 3.04. The Labute approximate surface area is 152 Å². The molecule has 0 heterocycles. The first kappa shape index (κ1) is 17.7. The summed E-state index contributed by atoms with van der Waals surface area (Å²) in [4.78, 5) is 36.0. The van der Waals surface area contributed by atoms with E-state index in [9.17, 15) is 14.4 Å². The fourth-order valence-electron chi connectivity index (χ4n) is 2.50. The van der Waals surface area contributed by atoms with Gasteiger partial charge in [-0.25, -0.2) is 0 Å². The van der Waals surface area contributed by atoms with Crippen LogP contribution in [-0.4, -0.2) is 24.3 Å². The average molecular weight is 351 g/mol. The van der Waals surface area contributed by atoms with Gasteiger partial charge in [0.25, 0.3) is 11.8 Å². The van der Waals surface area contributed by atoms with Gasteiger partial charge in [-0.05, 0) is 62.2 Å². The van der Waals surface area contributed by atoms with Gasteiger partial charge in [0.2, 0.25) is 5.91 Å². The van der Waals surface area contributed by atoms with Gasteiger partial charge in [0.1, 0.15) is 0 Å². The maximum Gasteiger partial charge on any atom is 0.255 e. The van der Waals surface area contributed by atoms with Crippen LogP contribution < -0.4 is 16.0 Å². The Hall–Kier alpha value is -3.15. The minimum Gasteiger partial charge on any atom is -0.352 e. The van der Waals surface area contributed by atoms with E-state index in [0.29, 0.717) is 29.0 Å². The fraction of sp³-hybridized carbons (Fsp3) is 0.250. The summed E-state index contributed by atoms with van der Waals surface area (Å²) in [6.45, 7) is 2.39. The summed E-state index contributed by atoms with van der Waals surface area (Å²) in [7, 11) is 0. The summed E-state index contributed by atoms with van der Waals surface area (Å²) in [6, 6.07) is 13.5. The molecule has 2 aromatic rings. The number of carbonyl (C=O) groups excluding carboxylic acids is 3. The number of benzene rings is 2. The predicted molar refractivity (Wildman–Crippen MR) is 100 cm³/mol. The highest BCUT2D eigenvalue weighted by Gasteiger charge is 2.29. The summed E-state index contributed by atoms with van der Waals surface area (Å²) in [5, 5.41) is 8.34. The molecule has 0 atom stereocenters. The van der Waals surface area contributed by atoms with Crippen molar-refractivity contribution in [2.24, 2.45) is 5.92 Å². The SMILES string of the molecule is CCNC(=O)c1cccc(NC(=O)c2ccc(NC(=O)C3CC3)cc2)c1. The summed E-state index contributed by atoms with van der Waals surface area (Å²) in [5.41, 5.74) is 2.18. The Morgan fingerprint density at radius 2 is 1.62 bits per heavy atom. The molecule has 0 radical (unpaired) electrons. The molecule has 6 heteroatoms. The van der Waals surface area contributed by atoms with Crippen molar-refractivity contribution in [2.45, 2.75) is 19.8 Å². The number of hydrogen-bond acceptors (Lipinski definition) is 3. The average Bonchev–Trinajstić information content (AvgIpc) is 3.48. The first-order valence-electron chi connectivity index (χ1n) is 8.67. The van der Waals surface area contributed by atoms with Crippen molar-refractivity contribution in [1.82, 2.24) is 5.32 Å². The molecule has 0 saturated heterocycles. The van der Waals surface area contributed by atoms with Crippen LogP contribution in [0.5, 0.6) is 0 Å². The van der Waals surface area contributed by atoms with E-state index in [1.54, 1.807) is 48.5 Å². The Balaban J connectivity index is 1.63. The van der Waals surface area contributed by atoms with Crippen LogP contribution in [-0.2, 0) is 4.79 Å². The highest BCUT2D eigenvalue weighted by atomic mass is 16.2. The monoisotopic (exact) mass is 351 g/mol. The van der Waals surface area contributed by atoms with Crippen LogP contribution in [0.25, 0.3) is 0 Å². The van der Waals surface area contributed by atoms with E-state index < -0.39 is 0 Å². The molecule has 2 aromatic carbocycles. The molecule has 3 N–H and O–H groups in total. The van der Waals surface area contributed by atoms with Crippen LogP contribution in [0.15, 0.2) is 48.5 Å². The van der Waals surface area contributed by atoms with Crippen molar-refractivity contribution >= 4 is 29.1 Å². The van der Waals surface area contributed by atoms with Crippen LogP contribution in [0.1, 0.15) is 40.5 Å². The lowest BCUT2D eigenvalue weighted by molar-refractivity contribution is -0.117. The van der Waals surface area contributed by atoms with Gasteiger partial charge in [0, 0.05) is 35.0 Å². The van der Waals surface area contributed by atoms with E-state index in [1.807, 2.05) is 6.92 Å². The van der Waals surface area contributed by atoms with E-state index in [0.717, 1.165) is 12.8 Å². The van der Waals surface area contributed by atoms with Crippen molar-refractivity contribution in [1.29, 1.82) is 0 Å². The minimum absolute atomic E-state index is 0.0318. The second kappa shape index (κ2) is 7.82. The number of anilines is 2. The molecule has 1 aliphatic carbocycles. The first-order chi connectivity index (χ1) is 12.6. The van der Waals surface area contributed by atoms with Gasteiger partial charge in [-0.15, -0.1) is 0 Å². The van der Waals surface area contributed by atoms with E-state index in [4.69, 9.17) is 0 Å². The normalized spacial score (nSPS) is 13.0. The maximum atomic E-state index is 12.4. The van der Waals surface area contributed by atoms with Crippen LogP contribution in [0.2, 0.25) is 0 Å². The number of amides is 3. The summed E-state index contributed by atoms with van der Waals surface area (Å²) >= 11 is 0. The molecule has 134 valence electrons. The minimum atomic E-state index is -0.280. The zero-order valence-corrected chi connectivity index (χ0v) is 14.5. The lowest BCUT2D eigenvalue weighted by Crippen LogP contribution is -2.22. The van der Waals surface area contributed by atoms with E-state index in [1.165, 1.54) is 0 Å². The van der Waals surface area contributed by atoms with Crippen LogP contribution in [0.4, 0.5) is 11.4 Å². The van der Waals surface area contributed by atoms with Gasteiger partial charge >= 0.3 is 0 Å². The number of carbonyl (C=O) groups is 3. The van der Waals surface area contributed by atoms with Gasteiger partial charge < -0.3 is 16.0 Å².